The van der Waals surface area contributed by atoms with E-state index in [-0.39, 0.29) is 11.8 Å². The number of hydrogen-bond donors (Lipinski definition) is 1. The summed E-state index contributed by atoms with van der Waals surface area (Å²) in [5, 5.41) is 0. The van der Waals surface area contributed by atoms with Gasteiger partial charge < -0.3 is 5.73 Å². The van der Waals surface area contributed by atoms with Gasteiger partial charge in [0.15, 0.2) is 0 Å². The molecule has 2 N–H and O–H groups in total. The lowest BCUT2D eigenvalue weighted by Gasteiger charge is -2.27. The maximum atomic E-state index is 10.9. The summed E-state index contributed by atoms with van der Waals surface area (Å²) >= 11 is 0. The molecular weight excluding hydrogens is 138 g/mol. The van der Waals surface area contributed by atoms with Gasteiger partial charge in [0.05, 0.1) is 0 Å². The van der Waals surface area contributed by atoms with Crippen LogP contribution in [0.25, 0.3) is 0 Å². The molecule has 0 heterocycles. The monoisotopic (exact) mass is 153 g/mol. The van der Waals surface area contributed by atoms with Crippen LogP contribution in [0.3, 0.4) is 0 Å². The van der Waals surface area contributed by atoms with Gasteiger partial charge in [-0.25, -0.2) is 0 Å². The predicted molar refractivity (Wildman–Crippen MR) is 44.8 cm³/mol. The Hall–Kier alpha value is -0.790. The second-order valence-corrected chi connectivity index (χ2v) is 3.48. The molecule has 11 heavy (non-hydrogen) atoms. The zero-order valence-electron chi connectivity index (χ0n) is 6.97. The van der Waals surface area contributed by atoms with Crippen molar-refractivity contribution in [2.45, 2.75) is 26.2 Å². The van der Waals surface area contributed by atoms with Gasteiger partial charge in [-0.3, -0.25) is 4.79 Å². The van der Waals surface area contributed by atoms with Gasteiger partial charge >= 0.3 is 0 Å². The van der Waals surface area contributed by atoms with Gasteiger partial charge in [-0.1, -0.05) is 19.1 Å². The largest absolute Gasteiger partial charge is 0.369 e. The summed E-state index contributed by atoms with van der Waals surface area (Å²) in [6, 6.07) is 0. The number of rotatable bonds is 1. The molecule has 2 atom stereocenters. The molecule has 1 amide bonds. The molecule has 1 rings (SSSR count). The van der Waals surface area contributed by atoms with Crippen molar-refractivity contribution >= 4 is 5.91 Å². The second kappa shape index (κ2) is 3.07. The first-order valence-corrected chi connectivity index (χ1v) is 4.07. The Bertz CT molecular complexity index is 186. The number of amides is 1. The molecule has 0 radical (unpaired) electrons. The first-order chi connectivity index (χ1) is 5.11. The number of hydrogen-bond acceptors (Lipinski definition) is 1. The smallest absolute Gasteiger partial charge is 0.221 e. The van der Waals surface area contributed by atoms with Crippen molar-refractivity contribution in [3.05, 3.63) is 12.2 Å². The molecule has 0 spiro atoms. The van der Waals surface area contributed by atoms with Crippen LogP contribution in [-0.2, 0) is 4.79 Å². The normalized spacial score (nSPS) is 31.9. The number of carbonyl (C=O) groups is 1. The van der Waals surface area contributed by atoms with Crippen molar-refractivity contribution in [1.29, 1.82) is 0 Å². The van der Waals surface area contributed by atoms with E-state index < -0.39 is 0 Å². The third-order valence-electron chi connectivity index (χ3n) is 2.51. The standard InChI is InChI=1S/C9H15NO/c1-6-3-4-7(2)8(5-6)9(10)11/h7-8H,1,3-5H2,2H3,(H2,10,11). The van der Waals surface area contributed by atoms with Crippen LogP contribution in [-0.4, -0.2) is 5.91 Å². The number of carbonyl (C=O) groups excluding carboxylic acids is 1. The van der Waals surface area contributed by atoms with Gasteiger partial charge in [-0.2, -0.15) is 0 Å². The highest BCUT2D eigenvalue weighted by atomic mass is 16.1. The van der Waals surface area contributed by atoms with Crippen molar-refractivity contribution in [2.75, 3.05) is 0 Å². The predicted octanol–water partition coefficient (Wildman–Crippen LogP) is 1.46. The highest BCUT2D eigenvalue weighted by molar-refractivity contribution is 5.77. The zero-order chi connectivity index (χ0) is 8.43. The lowest BCUT2D eigenvalue weighted by molar-refractivity contribution is -0.123. The van der Waals surface area contributed by atoms with Crippen LogP contribution in [0.4, 0.5) is 0 Å². The molecule has 2 unspecified atom stereocenters. The van der Waals surface area contributed by atoms with E-state index in [9.17, 15) is 4.79 Å². The molecule has 1 fully saturated rings. The molecule has 62 valence electrons. The Morgan fingerprint density at radius 2 is 2.36 bits per heavy atom. The molecule has 0 aromatic carbocycles. The third-order valence-corrected chi connectivity index (χ3v) is 2.51. The highest BCUT2D eigenvalue weighted by Gasteiger charge is 2.27. The van der Waals surface area contributed by atoms with Crippen LogP contribution in [0.1, 0.15) is 26.2 Å². The average molecular weight is 153 g/mol. The molecule has 0 aromatic heterocycles. The summed E-state index contributed by atoms with van der Waals surface area (Å²) in [6.45, 7) is 5.96. The van der Waals surface area contributed by atoms with Crippen molar-refractivity contribution in [2.24, 2.45) is 17.6 Å². The lowest BCUT2D eigenvalue weighted by atomic mass is 9.78. The van der Waals surface area contributed by atoms with Crippen LogP contribution in [0.15, 0.2) is 12.2 Å². The minimum atomic E-state index is -0.168. The molecule has 1 saturated carbocycles. The minimum Gasteiger partial charge on any atom is -0.369 e. The van der Waals surface area contributed by atoms with E-state index in [2.05, 4.69) is 13.5 Å². The maximum absolute atomic E-state index is 10.9. The fraction of sp³-hybridized carbons (Fsp3) is 0.667. The Morgan fingerprint density at radius 3 is 2.82 bits per heavy atom. The van der Waals surface area contributed by atoms with Gasteiger partial charge in [-0.15, -0.1) is 0 Å². The van der Waals surface area contributed by atoms with Crippen molar-refractivity contribution in [3.63, 3.8) is 0 Å². The Morgan fingerprint density at radius 1 is 1.73 bits per heavy atom. The fourth-order valence-corrected chi connectivity index (χ4v) is 1.63. The Kier molecular flexibility index (Phi) is 2.32. The van der Waals surface area contributed by atoms with Gasteiger partial charge in [0, 0.05) is 5.92 Å². The Balaban J connectivity index is 2.61. The van der Waals surface area contributed by atoms with Gasteiger partial charge in [0.25, 0.3) is 0 Å². The van der Waals surface area contributed by atoms with Gasteiger partial charge in [-0.05, 0) is 25.2 Å². The van der Waals surface area contributed by atoms with Gasteiger partial charge in [0.2, 0.25) is 5.91 Å². The third kappa shape index (κ3) is 1.82. The van der Waals surface area contributed by atoms with Crippen LogP contribution in [0, 0.1) is 11.8 Å². The van der Waals surface area contributed by atoms with Crippen molar-refractivity contribution in [1.82, 2.24) is 0 Å². The van der Waals surface area contributed by atoms with Crippen LogP contribution in [0.5, 0.6) is 0 Å². The average Bonchev–Trinajstić information content (AvgIpc) is 1.94. The fourth-order valence-electron chi connectivity index (χ4n) is 1.63. The highest BCUT2D eigenvalue weighted by Crippen LogP contribution is 2.31. The Labute approximate surface area is 67.5 Å². The summed E-state index contributed by atoms with van der Waals surface area (Å²) in [5.74, 6) is 0.313. The van der Waals surface area contributed by atoms with Crippen LogP contribution >= 0.6 is 0 Å². The molecule has 2 heteroatoms. The topological polar surface area (TPSA) is 43.1 Å². The summed E-state index contributed by atoms with van der Waals surface area (Å²) in [5.41, 5.74) is 6.41. The van der Waals surface area contributed by atoms with Gasteiger partial charge in [0.1, 0.15) is 0 Å². The van der Waals surface area contributed by atoms with Crippen LogP contribution in [0.2, 0.25) is 0 Å². The van der Waals surface area contributed by atoms with Crippen molar-refractivity contribution < 1.29 is 4.79 Å². The van der Waals surface area contributed by atoms with E-state index in [1.54, 1.807) is 0 Å². The summed E-state index contributed by atoms with van der Waals surface area (Å²) in [4.78, 5) is 10.9. The summed E-state index contributed by atoms with van der Waals surface area (Å²) < 4.78 is 0. The molecule has 0 saturated heterocycles. The summed E-state index contributed by atoms with van der Waals surface area (Å²) in [6.07, 6.45) is 2.92. The summed E-state index contributed by atoms with van der Waals surface area (Å²) in [7, 11) is 0. The molecular formula is C9H15NO. The molecule has 0 bridgehead atoms. The molecule has 1 aliphatic carbocycles. The van der Waals surface area contributed by atoms with Crippen LogP contribution < -0.4 is 5.73 Å². The van der Waals surface area contributed by atoms with E-state index in [4.69, 9.17) is 5.73 Å². The van der Waals surface area contributed by atoms with Crippen molar-refractivity contribution in [3.8, 4) is 0 Å². The zero-order valence-corrected chi connectivity index (χ0v) is 6.97. The maximum Gasteiger partial charge on any atom is 0.221 e. The van der Waals surface area contributed by atoms with E-state index in [0.717, 1.165) is 19.3 Å². The van der Waals surface area contributed by atoms with E-state index in [0.29, 0.717) is 5.92 Å². The number of allylic oxidation sites excluding steroid dienone is 1. The molecule has 2 nitrogen and oxygen atoms in total. The second-order valence-electron chi connectivity index (χ2n) is 3.48. The van der Waals surface area contributed by atoms with E-state index in [1.165, 1.54) is 5.57 Å². The first-order valence-electron chi connectivity index (χ1n) is 4.07. The quantitative estimate of drug-likeness (QED) is 0.569. The molecule has 0 aliphatic heterocycles. The number of nitrogens with two attached hydrogens (primary N) is 1. The molecule has 1 aliphatic rings. The van der Waals surface area contributed by atoms with E-state index in [1.807, 2.05) is 0 Å². The lowest BCUT2D eigenvalue weighted by Crippen LogP contribution is -2.31. The molecule has 0 aromatic rings. The van der Waals surface area contributed by atoms with E-state index >= 15 is 0 Å². The first kappa shape index (κ1) is 8.31. The SMILES string of the molecule is C=C1CCC(C)C(C(N)=O)C1. The minimum absolute atomic E-state index is 0.0382. The number of primary amides is 1.